The van der Waals surface area contributed by atoms with Crippen molar-refractivity contribution in [2.45, 2.75) is 317 Å². The molecule has 0 heterocycles. The summed E-state index contributed by atoms with van der Waals surface area (Å²) in [6.45, 7) is 11.4. The van der Waals surface area contributed by atoms with Gasteiger partial charge in [-0.2, -0.15) is 0 Å². The van der Waals surface area contributed by atoms with Crippen LogP contribution in [0, 0.1) is 11.8 Å². The first-order valence-electron chi connectivity index (χ1n) is 27.8. The molecule has 0 N–H and O–H groups in total. The Labute approximate surface area is 387 Å². The Morgan fingerprint density at radius 3 is 0.919 bits per heavy atom. The van der Waals surface area contributed by atoms with E-state index in [9.17, 15) is 14.4 Å². The lowest BCUT2D eigenvalue weighted by Gasteiger charge is -2.18. The number of carbonyl (C=O) groups is 3. The summed E-state index contributed by atoms with van der Waals surface area (Å²) in [5.74, 6) is 0.877. The molecular formula is C56H108O6. The molecule has 1 unspecified atom stereocenters. The molecule has 0 aromatic carbocycles. The van der Waals surface area contributed by atoms with Gasteiger partial charge in [0, 0.05) is 19.3 Å². The molecule has 0 aromatic heterocycles. The molecule has 0 aliphatic rings. The summed E-state index contributed by atoms with van der Waals surface area (Å²) in [6, 6.07) is 0. The zero-order chi connectivity index (χ0) is 45.4. The van der Waals surface area contributed by atoms with Crippen LogP contribution in [0.25, 0.3) is 0 Å². The maximum atomic E-state index is 12.8. The Morgan fingerprint density at radius 2 is 0.613 bits per heavy atom. The Bertz CT molecular complexity index is 949. The normalized spacial score (nSPS) is 12.5. The van der Waals surface area contributed by atoms with Crippen LogP contribution >= 0.6 is 0 Å². The first-order valence-corrected chi connectivity index (χ1v) is 27.8. The van der Waals surface area contributed by atoms with Crippen molar-refractivity contribution in [3.63, 3.8) is 0 Å². The molecule has 0 spiro atoms. The van der Waals surface area contributed by atoms with Gasteiger partial charge in [0.15, 0.2) is 6.10 Å². The van der Waals surface area contributed by atoms with Gasteiger partial charge < -0.3 is 14.2 Å². The first-order chi connectivity index (χ1) is 30.3. The number of esters is 3. The van der Waals surface area contributed by atoms with Gasteiger partial charge in [0.1, 0.15) is 13.2 Å². The summed E-state index contributed by atoms with van der Waals surface area (Å²) in [5, 5.41) is 0. The fourth-order valence-corrected chi connectivity index (χ4v) is 8.49. The molecule has 0 aliphatic carbocycles. The molecule has 0 amide bonds. The summed E-state index contributed by atoms with van der Waals surface area (Å²) >= 11 is 0. The van der Waals surface area contributed by atoms with Gasteiger partial charge in [-0.3, -0.25) is 14.4 Å². The lowest BCUT2D eigenvalue weighted by atomic mass is 9.99. The molecule has 0 aliphatic heterocycles. The van der Waals surface area contributed by atoms with Crippen LogP contribution in [-0.4, -0.2) is 37.2 Å². The van der Waals surface area contributed by atoms with Crippen molar-refractivity contribution in [1.29, 1.82) is 0 Å². The predicted molar refractivity (Wildman–Crippen MR) is 266 cm³/mol. The molecule has 0 saturated heterocycles. The Kier molecular flexibility index (Phi) is 47.6. The molecule has 368 valence electrons. The van der Waals surface area contributed by atoms with Crippen LogP contribution in [0.3, 0.4) is 0 Å². The average Bonchev–Trinajstić information content (AvgIpc) is 3.26. The van der Waals surface area contributed by atoms with Gasteiger partial charge in [-0.05, 0) is 31.1 Å². The third-order valence-electron chi connectivity index (χ3n) is 13.1. The standard InChI is InChI=1S/C56H108O6/c1-6-8-9-10-11-12-19-26-31-36-41-46-54(57)60-49-53(62-56(59)48-43-38-33-28-23-22-25-30-35-40-45-52(5)7-2)50-61-55(58)47-42-37-32-27-21-18-16-14-13-15-17-20-24-29-34-39-44-51(3)4/h51-53H,6-50H2,1-5H3/t52?,53-/m0/s1. The fraction of sp³-hybridized carbons (Fsp3) is 0.946. The van der Waals surface area contributed by atoms with Crippen molar-refractivity contribution in [3.8, 4) is 0 Å². The van der Waals surface area contributed by atoms with Crippen LogP contribution in [0.1, 0.15) is 311 Å². The number of hydrogen-bond donors (Lipinski definition) is 0. The van der Waals surface area contributed by atoms with E-state index in [0.717, 1.165) is 69.6 Å². The highest BCUT2D eigenvalue weighted by molar-refractivity contribution is 5.71. The number of carbonyl (C=O) groups excluding carboxylic acids is 3. The maximum absolute atomic E-state index is 12.8. The second-order valence-corrected chi connectivity index (χ2v) is 19.9. The second kappa shape index (κ2) is 48.9. The van der Waals surface area contributed by atoms with Crippen molar-refractivity contribution in [2.75, 3.05) is 13.2 Å². The summed E-state index contributed by atoms with van der Waals surface area (Å²) in [7, 11) is 0. The predicted octanol–water partition coefficient (Wildman–Crippen LogP) is 18.1. The second-order valence-electron chi connectivity index (χ2n) is 19.9. The van der Waals surface area contributed by atoms with Crippen molar-refractivity contribution in [3.05, 3.63) is 0 Å². The van der Waals surface area contributed by atoms with Crippen LogP contribution in [0.15, 0.2) is 0 Å². The van der Waals surface area contributed by atoms with Crippen LogP contribution in [-0.2, 0) is 28.6 Å². The number of rotatable bonds is 50. The van der Waals surface area contributed by atoms with Crippen LogP contribution in [0.5, 0.6) is 0 Å². The van der Waals surface area contributed by atoms with Gasteiger partial charge in [0.05, 0.1) is 0 Å². The lowest BCUT2D eigenvalue weighted by molar-refractivity contribution is -0.167. The number of ether oxygens (including phenoxy) is 3. The van der Waals surface area contributed by atoms with Crippen LogP contribution in [0.2, 0.25) is 0 Å². The van der Waals surface area contributed by atoms with Gasteiger partial charge in [-0.15, -0.1) is 0 Å². The largest absolute Gasteiger partial charge is 0.462 e. The number of unbranched alkanes of at least 4 members (excludes halogenated alkanes) is 34. The van der Waals surface area contributed by atoms with Crippen LogP contribution in [0.4, 0.5) is 0 Å². The third kappa shape index (κ3) is 47.9. The fourth-order valence-electron chi connectivity index (χ4n) is 8.49. The minimum atomic E-state index is -0.762. The molecule has 0 aromatic rings. The Balaban J connectivity index is 4.26. The van der Waals surface area contributed by atoms with Crippen molar-refractivity contribution < 1.29 is 28.6 Å². The Hall–Kier alpha value is -1.59. The molecule has 0 bridgehead atoms. The monoisotopic (exact) mass is 877 g/mol. The van der Waals surface area contributed by atoms with E-state index in [-0.39, 0.29) is 31.1 Å². The smallest absolute Gasteiger partial charge is 0.306 e. The van der Waals surface area contributed by atoms with E-state index in [1.54, 1.807) is 0 Å². The van der Waals surface area contributed by atoms with E-state index < -0.39 is 6.10 Å². The summed E-state index contributed by atoms with van der Waals surface area (Å²) in [4.78, 5) is 38.0. The van der Waals surface area contributed by atoms with Crippen LogP contribution < -0.4 is 0 Å². The van der Waals surface area contributed by atoms with Gasteiger partial charge in [-0.1, -0.05) is 272 Å². The minimum absolute atomic E-state index is 0.0631. The third-order valence-corrected chi connectivity index (χ3v) is 13.1. The van der Waals surface area contributed by atoms with E-state index in [4.69, 9.17) is 14.2 Å². The van der Waals surface area contributed by atoms with Gasteiger partial charge >= 0.3 is 17.9 Å². The van der Waals surface area contributed by atoms with Crippen molar-refractivity contribution in [2.24, 2.45) is 11.8 Å². The molecule has 0 radical (unpaired) electrons. The van der Waals surface area contributed by atoms with E-state index in [1.165, 1.54) is 199 Å². The highest BCUT2D eigenvalue weighted by Gasteiger charge is 2.19. The van der Waals surface area contributed by atoms with E-state index in [1.807, 2.05) is 0 Å². The molecule has 6 nitrogen and oxygen atoms in total. The highest BCUT2D eigenvalue weighted by atomic mass is 16.6. The molecule has 62 heavy (non-hydrogen) atoms. The minimum Gasteiger partial charge on any atom is -0.462 e. The quantitative estimate of drug-likeness (QED) is 0.0344. The van der Waals surface area contributed by atoms with Crippen molar-refractivity contribution >= 4 is 17.9 Å². The molecule has 0 saturated carbocycles. The summed E-state index contributed by atoms with van der Waals surface area (Å²) in [5.41, 5.74) is 0. The molecule has 2 atom stereocenters. The molecule has 6 heteroatoms. The van der Waals surface area contributed by atoms with Crippen molar-refractivity contribution in [1.82, 2.24) is 0 Å². The highest BCUT2D eigenvalue weighted by Crippen LogP contribution is 2.18. The molecule has 0 rings (SSSR count). The van der Waals surface area contributed by atoms with E-state index in [2.05, 4.69) is 34.6 Å². The summed E-state index contributed by atoms with van der Waals surface area (Å²) in [6.07, 6.45) is 50.8. The lowest BCUT2D eigenvalue weighted by Crippen LogP contribution is -2.30. The number of hydrogen-bond acceptors (Lipinski definition) is 6. The van der Waals surface area contributed by atoms with E-state index >= 15 is 0 Å². The first kappa shape index (κ1) is 60.4. The average molecular weight is 877 g/mol. The molecular weight excluding hydrogens is 769 g/mol. The zero-order valence-electron chi connectivity index (χ0n) is 42.5. The summed E-state index contributed by atoms with van der Waals surface area (Å²) < 4.78 is 16.8. The van der Waals surface area contributed by atoms with Gasteiger partial charge in [-0.25, -0.2) is 0 Å². The molecule has 0 fully saturated rings. The maximum Gasteiger partial charge on any atom is 0.306 e. The van der Waals surface area contributed by atoms with E-state index in [0.29, 0.717) is 19.3 Å². The topological polar surface area (TPSA) is 78.9 Å². The van der Waals surface area contributed by atoms with Gasteiger partial charge in [0.2, 0.25) is 0 Å². The Morgan fingerprint density at radius 1 is 0.339 bits per heavy atom. The zero-order valence-corrected chi connectivity index (χ0v) is 42.5. The van der Waals surface area contributed by atoms with Gasteiger partial charge in [0.25, 0.3) is 0 Å². The SMILES string of the molecule is CCCCCCCCCCCCCC(=O)OC[C@@H](COC(=O)CCCCCCCCCCCCCCCCCCC(C)C)OC(=O)CCCCCCCCCCCCC(C)CC.